The summed E-state index contributed by atoms with van der Waals surface area (Å²) in [5.74, 6) is 0.0949. The predicted molar refractivity (Wildman–Crippen MR) is 84.1 cm³/mol. The Balaban J connectivity index is 2.12. The molecular weight excluding hydrogens is 250 g/mol. The van der Waals surface area contributed by atoms with E-state index in [2.05, 4.69) is 13.8 Å². The van der Waals surface area contributed by atoms with Crippen LogP contribution in [-0.4, -0.2) is 38.0 Å². The standard InChI is InChI=1S/C16H25N3O/c1-16(2)7-9-19(10-8-16)15(20)12-5-6-14(18(3)4)13(17)11-12/h5-6,11H,7-10,17H2,1-4H3. The van der Waals surface area contributed by atoms with Crippen LogP contribution in [0.15, 0.2) is 18.2 Å². The molecule has 0 unspecified atom stereocenters. The Morgan fingerprint density at radius 3 is 2.35 bits per heavy atom. The van der Waals surface area contributed by atoms with Gasteiger partial charge in [-0.25, -0.2) is 0 Å². The smallest absolute Gasteiger partial charge is 0.253 e. The molecule has 1 amide bonds. The van der Waals surface area contributed by atoms with Gasteiger partial charge in [-0.05, 0) is 36.5 Å². The number of hydrogen-bond acceptors (Lipinski definition) is 3. The van der Waals surface area contributed by atoms with Crippen LogP contribution in [0.25, 0.3) is 0 Å². The summed E-state index contributed by atoms with van der Waals surface area (Å²) in [5, 5.41) is 0. The van der Waals surface area contributed by atoms with Crippen LogP contribution >= 0.6 is 0 Å². The van der Waals surface area contributed by atoms with Crippen molar-refractivity contribution in [2.75, 3.05) is 37.8 Å². The molecule has 0 spiro atoms. The topological polar surface area (TPSA) is 49.6 Å². The van der Waals surface area contributed by atoms with Crippen molar-refractivity contribution in [3.63, 3.8) is 0 Å². The van der Waals surface area contributed by atoms with Gasteiger partial charge in [-0.3, -0.25) is 4.79 Å². The Labute approximate surface area is 121 Å². The zero-order chi connectivity index (χ0) is 14.9. The highest BCUT2D eigenvalue weighted by atomic mass is 16.2. The first kappa shape index (κ1) is 14.7. The van der Waals surface area contributed by atoms with Crippen LogP contribution in [0.1, 0.15) is 37.0 Å². The number of carbonyl (C=O) groups excluding carboxylic acids is 1. The van der Waals surface area contributed by atoms with E-state index in [0.717, 1.165) is 31.6 Å². The largest absolute Gasteiger partial charge is 0.397 e. The van der Waals surface area contributed by atoms with Crippen molar-refractivity contribution in [3.8, 4) is 0 Å². The van der Waals surface area contributed by atoms with E-state index in [-0.39, 0.29) is 5.91 Å². The van der Waals surface area contributed by atoms with E-state index in [0.29, 0.717) is 16.7 Å². The second-order valence-corrected chi connectivity index (χ2v) is 6.62. The number of likely N-dealkylation sites (tertiary alicyclic amines) is 1. The highest BCUT2D eigenvalue weighted by Gasteiger charge is 2.28. The molecule has 1 aliphatic heterocycles. The summed E-state index contributed by atoms with van der Waals surface area (Å²) < 4.78 is 0. The minimum Gasteiger partial charge on any atom is -0.397 e. The molecule has 1 saturated heterocycles. The Hall–Kier alpha value is -1.71. The predicted octanol–water partition coefficient (Wildman–Crippen LogP) is 2.60. The second kappa shape index (κ2) is 5.35. The molecule has 0 aliphatic carbocycles. The maximum absolute atomic E-state index is 12.5. The van der Waals surface area contributed by atoms with Crippen LogP contribution in [0.5, 0.6) is 0 Å². The van der Waals surface area contributed by atoms with Crippen molar-refractivity contribution in [2.24, 2.45) is 5.41 Å². The monoisotopic (exact) mass is 275 g/mol. The summed E-state index contributed by atoms with van der Waals surface area (Å²) in [6.07, 6.45) is 2.12. The molecular formula is C16H25N3O. The fourth-order valence-electron chi connectivity index (χ4n) is 2.59. The lowest BCUT2D eigenvalue weighted by Crippen LogP contribution is -2.41. The van der Waals surface area contributed by atoms with E-state index in [9.17, 15) is 4.79 Å². The Morgan fingerprint density at radius 1 is 1.25 bits per heavy atom. The van der Waals surface area contributed by atoms with Gasteiger partial charge >= 0.3 is 0 Å². The summed E-state index contributed by atoms with van der Waals surface area (Å²) in [6, 6.07) is 5.57. The van der Waals surface area contributed by atoms with Gasteiger partial charge in [-0.2, -0.15) is 0 Å². The molecule has 0 bridgehead atoms. The number of nitrogens with zero attached hydrogens (tertiary/aromatic N) is 2. The van der Waals surface area contributed by atoms with Crippen molar-refractivity contribution >= 4 is 17.3 Å². The molecule has 1 heterocycles. The lowest BCUT2D eigenvalue weighted by Gasteiger charge is -2.37. The maximum Gasteiger partial charge on any atom is 0.253 e. The molecule has 20 heavy (non-hydrogen) atoms. The normalized spacial score (nSPS) is 17.9. The third-order valence-corrected chi connectivity index (χ3v) is 4.16. The fourth-order valence-corrected chi connectivity index (χ4v) is 2.59. The molecule has 1 aliphatic rings. The van der Waals surface area contributed by atoms with Crippen LogP contribution < -0.4 is 10.6 Å². The zero-order valence-electron chi connectivity index (χ0n) is 12.9. The summed E-state index contributed by atoms with van der Waals surface area (Å²) in [7, 11) is 3.89. The van der Waals surface area contributed by atoms with E-state index in [1.807, 2.05) is 36.0 Å². The molecule has 1 aromatic carbocycles. The molecule has 4 heteroatoms. The minimum atomic E-state index is 0.0949. The molecule has 1 aromatic rings. The molecule has 0 aromatic heterocycles. The molecule has 0 atom stereocenters. The van der Waals surface area contributed by atoms with Gasteiger partial charge in [0, 0.05) is 32.7 Å². The van der Waals surface area contributed by atoms with Crippen LogP contribution in [0, 0.1) is 5.41 Å². The molecule has 1 fully saturated rings. The van der Waals surface area contributed by atoms with Crippen LogP contribution in [0.4, 0.5) is 11.4 Å². The number of nitrogen functional groups attached to an aromatic ring is 1. The van der Waals surface area contributed by atoms with Gasteiger partial charge in [-0.15, -0.1) is 0 Å². The second-order valence-electron chi connectivity index (χ2n) is 6.62. The van der Waals surface area contributed by atoms with Gasteiger partial charge in [0.2, 0.25) is 0 Å². The first-order chi connectivity index (χ1) is 9.30. The summed E-state index contributed by atoms with van der Waals surface area (Å²) in [6.45, 7) is 6.19. The summed E-state index contributed by atoms with van der Waals surface area (Å²) in [5.41, 5.74) is 8.66. The van der Waals surface area contributed by atoms with Crippen molar-refractivity contribution in [3.05, 3.63) is 23.8 Å². The third-order valence-electron chi connectivity index (χ3n) is 4.16. The Bertz CT molecular complexity index is 498. The van der Waals surface area contributed by atoms with Gasteiger partial charge in [0.25, 0.3) is 5.91 Å². The van der Waals surface area contributed by atoms with Crippen LogP contribution in [0.2, 0.25) is 0 Å². The van der Waals surface area contributed by atoms with Crippen molar-refractivity contribution in [1.82, 2.24) is 4.90 Å². The van der Waals surface area contributed by atoms with Crippen LogP contribution in [-0.2, 0) is 0 Å². The van der Waals surface area contributed by atoms with E-state index in [1.54, 1.807) is 6.07 Å². The molecule has 110 valence electrons. The fraction of sp³-hybridized carbons (Fsp3) is 0.562. The molecule has 2 rings (SSSR count). The van der Waals surface area contributed by atoms with Crippen molar-refractivity contribution < 1.29 is 4.79 Å². The van der Waals surface area contributed by atoms with Crippen LogP contribution in [0.3, 0.4) is 0 Å². The number of anilines is 2. The number of carbonyl (C=O) groups is 1. The Morgan fingerprint density at radius 2 is 1.85 bits per heavy atom. The molecule has 0 saturated carbocycles. The molecule has 0 radical (unpaired) electrons. The van der Waals surface area contributed by atoms with Gasteiger partial charge in [-0.1, -0.05) is 13.8 Å². The first-order valence-corrected chi connectivity index (χ1v) is 7.16. The SMILES string of the molecule is CN(C)c1ccc(C(=O)N2CCC(C)(C)CC2)cc1N. The van der Waals surface area contributed by atoms with E-state index in [1.165, 1.54) is 0 Å². The number of piperidine rings is 1. The highest BCUT2D eigenvalue weighted by molar-refractivity contribution is 5.96. The van der Waals surface area contributed by atoms with Crippen molar-refractivity contribution in [2.45, 2.75) is 26.7 Å². The lowest BCUT2D eigenvalue weighted by atomic mass is 9.82. The van der Waals surface area contributed by atoms with Gasteiger partial charge in [0.1, 0.15) is 0 Å². The van der Waals surface area contributed by atoms with E-state index in [4.69, 9.17) is 5.73 Å². The average molecular weight is 275 g/mol. The first-order valence-electron chi connectivity index (χ1n) is 7.16. The number of hydrogen-bond donors (Lipinski definition) is 1. The lowest BCUT2D eigenvalue weighted by molar-refractivity contribution is 0.0630. The summed E-state index contributed by atoms with van der Waals surface area (Å²) >= 11 is 0. The van der Waals surface area contributed by atoms with Gasteiger partial charge < -0.3 is 15.5 Å². The average Bonchev–Trinajstić information content (AvgIpc) is 2.37. The van der Waals surface area contributed by atoms with E-state index < -0.39 is 0 Å². The number of rotatable bonds is 2. The number of benzene rings is 1. The third kappa shape index (κ3) is 3.06. The van der Waals surface area contributed by atoms with Gasteiger partial charge in [0.15, 0.2) is 0 Å². The van der Waals surface area contributed by atoms with Crippen molar-refractivity contribution in [1.29, 1.82) is 0 Å². The van der Waals surface area contributed by atoms with Gasteiger partial charge in [0.05, 0.1) is 11.4 Å². The number of amides is 1. The quantitative estimate of drug-likeness (QED) is 0.844. The Kier molecular flexibility index (Phi) is 3.93. The number of nitrogens with two attached hydrogens (primary N) is 1. The molecule has 4 nitrogen and oxygen atoms in total. The molecule has 2 N–H and O–H groups in total. The zero-order valence-corrected chi connectivity index (χ0v) is 12.9. The maximum atomic E-state index is 12.5. The highest BCUT2D eigenvalue weighted by Crippen LogP contribution is 2.31. The minimum absolute atomic E-state index is 0.0949. The summed E-state index contributed by atoms with van der Waals surface area (Å²) in [4.78, 5) is 16.4. The van der Waals surface area contributed by atoms with E-state index >= 15 is 0 Å².